The van der Waals surface area contributed by atoms with E-state index in [1.54, 1.807) is 12.3 Å². The summed E-state index contributed by atoms with van der Waals surface area (Å²) in [5, 5.41) is 13.5. The van der Waals surface area contributed by atoms with Gasteiger partial charge in [-0.3, -0.25) is 9.58 Å². The van der Waals surface area contributed by atoms with E-state index in [9.17, 15) is 4.39 Å². The Morgan fingerprint density at radius 2 is 1.90 bits per heavy atom. The Labute approximate surface area is 170 Å². The molecule has 152 valence electrons. The molecule has 5 rings (SSSR count). The van der Waals surface area contributed by atoms with Crippen LogP contribution in [0.3, 0.4) is 0 Å². The van der Waals surface area contributed by atoms with E-state index in [-0.39, 0.29) is 5.82 Å². The number of piperidine rings is 1. The van der Waals surface area contributed by atoms with Gasteiger partial charge >= 0.3 is 0 Å². The first-order valence-corrected chi connectivity index (χ1v) is 10.6. The van der Waals surface area contributed by atoms with Crippen molar-refractivity contribution in [3.63, 3.8) is 0 Å². The summed E-state index contributed by atoms with van der Waals surface area (Å²) in [5.41, 5.74) is 2.25. The lowest BCUT2D eigenvalue weighted by Crippen LogP contribution is -2.33. The second-order valence-corrected chi connectivity index (χ2v) is 8.40. The third-order valence-corrected chi connectivity index (χ3v) is 6.23. The van der Waals surface area contributed by atoms with Gasteiger partial charge in [-0.2, -0.15) is 5.10 Å². The average molecular weight is 394 g/mol. The third-order valence-electron chi connectivity index (χ3n) is 6.23. The van der Waals surface area contributed by atoms with Gasteiger partial charge < -0.3 is 4.57 Å². The van der Waals surface area contributed by atoms with E-state index < -0.39 is 0 Å². The minimum atomic E-state index is -0.150. The molecular weight excluding hydrogens is 367 g/mol. The van der Waals surface area contributed by atoms with E-state index in [1.165, 1.54) is 18.9 Å². The SMILES string of the molecule is Cc1ccc(F)cc1CN1CCC(c2nnc(Cn3cccn3)n2C2CC2)CC1. The summed E-state index contributed by atoms with van der Waals surface area (Å²) < 4.78 is 17.9. The minimum Gasteiger partial charge on any atom is -0.310 e. The molecule has 3 heterocycles. The highest BCUT2D eigenvalue weighted by atomic mass is 19.1. The highest BCUT2D eigenvalue weighted by Gasteiger charge is 2.33. The predicted molar refractivity (Wildman–Crippen MR) is 108 cm³/mol. The lowest BCUT2D eigenvalue weighted by molar-refractivity contribution is 0.199. The molecule has 0 N–H and O–H groups in total. The quantitative estimate of drug-likeness (QED) is 0.640. The Morgan fingerprint density at radius 1 is 1.07 bits per heavy atom. The summed E-state index contributed by atoms with van der Waals surface area (Å²) in [6.07, 6.45) is 8.35. The fraction of sp³-hybridized carbons (Fsp3) is 0.500. The lowest BCUT2D eigenvalue weighted by atomic mass is 9.95. The fourth-order valence-electron chi connectivity index (χ4n) is 4.39. The minimum absolute atomic E-state index is 0.150. The van der Waals surface area contributed by atoms with Crippen LogP contribution in [-0.4, -0.2) is 42.5 Å². The van der Waals surface area contributed by atoms with Gasteiger partial charge in [-0.05, 0) is 75.0 Å². The monoisotopic (exact) mass is 394 g/mol. The number of aryl methyl sites for hydroxylation is 1. The van der Waals surface area contributed by atoms with Gasteiger partial charge in [-0.1, -0.05) is 6.07 Å². The fourth-order valence-corrected chi connectivity index (χ4v) is 4.39. The van der Waals surface area contributed by atoms with Gasteiger partial charge in [0.15, 0.2) is 5.82 Å². The van der Waals surface area contributed by atoms with Crippen molar-refractivity contribution in [2.75, 3.05) is 13.1 Å². The molecule has 1 aliphatic carbocycles. The Bertz CT molecular complexity index is 967. The second-order valence-electron chi connectivity index (χ2n) is 8.40. The van der Waals surface area contributed by atoms with E-state index in [4.69, 9.17) is 0 Å². The molecule has 1 aromatic carbocycles. The molecule has 6 nitrogen and oxygen atoms in total. The number of rotatable bonds is 6. The van der Waals surface area contributed by atoms with Gasteiger partial charge in [-0.15, -0.1) is 10.2 Å². The summed E-state index contributed by atoms with van der Waals surface area (Å²) in [5.74, 6) is 2.46. The number of hydrogen-bond donors (Lipinski definition) is 0. The van der Waals surface area contributed by atoms with Crippen LogP contribution >= 0.6 is 0 Å². The molecule has 3 aromatic rings. The standard InChI is InChI=1S/C22H27FN6/c1-16-3-4-19(23)13-18(16)14-27-11-7-17(8-12-27)22-26-25-21(29(22)20-5-6-20)15-28-10-2-9-24-28/h2-4,9-10,13,17,20H,5-8,11-12,14-15H2,1H3. The third kappa shape index (κ3) is 3.96. The predicted octanol–water partition coefficient (Wildman–Crippen LogP) is 3.68. The second kappa shape index (κ2) is 7.71. The van der Waals surface area contributed by atoms with Crippen molar-refractivity contribution in [1.82, 2.24) is 29.4 Å². The van der Waals surface area contributed by atoms with Crippen LogP contribution in [0.5, 0.6) is 0 Å². The molecule has 1 aliphatic heterocycles. The topological polar surface area (TPSA) is 51.8 Å². The molecule has 0 spiro atoms. The zero-order valence-electron chi connectivity index (χ0n) is 16.8. The number of nitrogens with zero attached hydrogens (tertiary/aromatic N) is 6. The van der Waals surface area contributed by atoms with Crippen molar-refractivity contribution in [3.8, 4) is 0 Å². The lowest BCUT2D eigenvalue weighted by Gasteiger charge is -2.32. The highest BCUT2D eigenvalue weighted by Crippen LogP contribution is 2.40. The molecule has 29 heavy (non-hydrogen) atoms. The Hall–Kier alpha value is -2.54. The van der Waals surface area contributed by atoms with Crippen molar-refractivity contribution >= 4 is 0 Å². The number of likely N-dealkylation sites (tertiary alicyclic amines) is 1. The number of aromatic nitrogens is 5. The van der Waals surface area contributed by atoms with Gasteiger partial charge in [0.1, 0.15) is 18.2 Å². The number of halogens is 1. The molecule has 0 bridgehead atoms. The van der Waals surface area contributed by atoms with E-state index in [1.807, 2.05) is 23.0 Å². The van der Waals surface area contributed by atoms with Crippen LogP contribution in [0.15, 0.2) is 36.7 Å². The molecular formula is C22H27FN6. The van der Waals surface area contributed by atoms with Crippen LogP contribution < -0.4 is 0 Å². The van der Waals surface area contributed by atoms with Gasteiger partial charge in [-0.25, -0.2) is 4.39 Å². The van der Waals surface area contributed by atoms with Crippen LogP contribution in [0.1, 0.15) is 60.4 Å². The number of hydrogen-bond acceptors (Lipinski definition) is 4. The summed E-state index contributed by atoms with van der Waals surface area (Å²) in [4.78, 5) is 2.43. The smallest absolute Gasteiger partial charge is 0.155 e. The van der Waals surface area contributed by atoms with Crippen molar-refractivity contribution in [2.45, 2.75) is 57.7 Å². The first-order valence-electron chi connectivity index (χ1n) is 10.6. The van der Waals surface area contributed by atoms with Crippen molar-refractivity contribution < 1.29 is 4.39 Å². The Balaban J connectivity index is 1.27. The molecule has 2 aliphatic rings. The van der Waals surface area contributed by atoms with E-state index in [2.05, 4.69) is 31.7 Å². The molecule has 0 atom stereocenters. The van der Waals surface area contributed by atoms with Crippen molar-refractivity contribution in [2.24, 2.45) is 0 Å². The summed E-state index contributed by atoms with van der Waals surface area (Å²) >= 11 is 0. The zero-order chi connectivity index (χ0) is 19.8. The molecule has 1 saturated carbocycles. The van der Waals surface area contributed by atoms with Crippen molar-refractivity contribution in [3.05, 3.63) is 65.3 Å². The molecule has 0 radical (unpaired) electrons. The Kier molecular flexibility index (Phi) is 4.91. The van der Waals surface area contributed by atoms with Gasteiger partial charge in [0.05, 0.1) is 0 Å². The molecule has 7 heteroatoms. The maximum Gasteiger partial charge on any atom is 0.155 e. The first kappa shape index (κ1) is 18.5. The molecule has 0 amide bonds. The van der Waals surface area contributed by atoms with Crippen molar-refractivity contribution in [1.29, 1.82) is 0 Å². The Morgan fingerprint density at radius 3 is 2.62 bits per heavy atom. The van der Waals surface area contributed by atoms with Gasteiger partial charge in [0.2, 0.25) is 0 Å². The van der Waals surface area contributed by atoms with Crippen LogP contribution in [0, 0.1) is 12.7 Å². The first-order chi connectivity index (χ1) is 14.2. The molecule has 2 fully saturated rings. The van der Waals surface area contributed by atoms with E-state index in [0.29, 0.717) is 18.5 Å². The summed E-state index contributed by atoms with van der Waals surface area (Å²) in [7, 11) is 0. The van der Waals surface area contributed by atoms with Crippen LogP contribution in [0.4, 0.5) is 4.39 Å². The number of benzene rings is 1. The van der Waals surface area contributed by atoms with E-state index >= 15 is 0 Å². The summed E-state index contributed by atoms with van der Waals surface area (Å²) in [6.45, 7) is 5.56. The zero-order valence-corrected chi connectivity index (χ0v) is 16.8. The maximum atomic E-state index is 13.6. The molecule has 0 unspecified atom stereocenters. The normalized spacial score (nSPS) is 18.4. The van der Waals surface area contributed by atoms with E-state index in [0.717, 1.165) is 55.3 Å². The summed E-state index contributed by atoms with van der Waals surface area (Å²) in [6, 6.07) is 7.58. The molecule has 2 aromatic heterocycles. The molecule has 1 saturated heterocycles. The van der Waals surface area contributed by atoms with Gasteiger partial charge in [0.25, 0.3) is 0 Å². The van der Waals surface area contributed by atoms with Crippen LogP contribution in [0.2, 0.25) is 0 Å². The average Bonchev–Trinajstić information content (AvgIpc) is 3.26. The maximum absolute atomic E-state index is 13.6. The largest absolute Gasteiger partial charge is 0.310 e. The van der Waals surface area contributed by atoms with Gasteiger partial charge in [0, 0.05) is 30.9 Å². The highest BCUT2D eigenvalue weighted by molar-refractivity contribution is 5.26. The van der Waals surface area contributed by atoms with Crippen LogP contribution in [0.25, 0.3) is 0 Å². The van der Waals surface area contributed by atoms with Crippen LogP contribution in [-0.2, 0) is 13.1 Å².